The maximum absolute atomic E-state index is 12.6. The molecule has 24 heavy (non-hydrogen) atoms. The van der Waals surface area contributed by atoms with E-state index in [1.54, 1.807) is 38.1 Å². The van der Waals surface area contributed by atoms with Crippen LogP contribution in [0.25, 0.3) is 11.0 Å². The smallest absolute Gasteiger partial charge is 0.339 e. The molecule has 0 radical (unpaired) electrons. The fraction of sp³-hybridized carbons (Fsp3) is 0.167. The van der Waals surface area contributed by atoms with Crippen LogP contribution in [0.1, 0.15) is 16.7 Å². The highest BCUT2D eigenvalue weighted by Crippen LogP contribution is 2.27. The number of hydrogen-bond acceptors (Lipinski definition) is 5. The summed E-state index contributed by atoms with van der Waals surface area (Å²) in [6.45, 7) is 5.37. The van der Waals surface area contributed by atoms with E-state index >= 15 is 0 Å². The molecule has 1 aromatic heterocycles. The van der Waals surface area contributed by atoms with Gasteiger partial charge in [-0.05, 0) is 50.1 Å². The number of benzene rings is 2. The van der Waals surface area contributed by atoms with Crippen molar-refractivity contribution >= 4 is 21.1 Å². The number of fused-ring (bicyclic) bond motifs is 1. The molecule has 1 heterocycles. The van der Waals surface area contributed by atoms with Crippen molar-refractivity contribution in [2.75, 3.05) is 0 Å². The van der Waals surface area contributed by atoms with Crippen LogP contribution >= 0.6 is 0 Å². The van der Waals surface area contributed by atoms with Gasteiger partial charge in [-0.25, -0.2) is 4.79 Å². The molecule has 124 valence electrons. The molecule has 0 unspecified atom stereocenters. The fourth-order valence-corrected chi connectivity index (χ4v) is 4.17. The van der Waals surface area contributed by atoms with E-state index in [2.05, 4.69) is 0 Å². The molecule has 0 bridgehead atoms. The normalized spacial score (nSPS) is 11.6. The number of hydrogen-bond donors (Lipinski definition) is 0. The van der Waals surface area contributed by atoms with E-state index in [-0.39, 0.29) is 16.2 Å². The van der Waals surface area contributed by atoms with Crippen molar-refractivity contribution in [1.29, 1.82) is 0 Å². The third-order valence-corrected chi connectivity index (χ3v) is 5.21. The van der Waals surface area contributed by atoms with Crippen LogP contribution < -0.4 is 9.81 Å². The third-order valence-electron chi connectivity index (χ3n) is 3.66. The quantitative estimate of drug-likeness (QED) is 0.537. The van der Waals surface area contributed by atoms with Crippen LogP contribution in [0.2, 0.25) is 0 Å². The second-order valence-corrected chi connectivity index (χ2v) is 7.20. The lowest BCUT2D eigenvalue weighted by atomic mass is 10.1. The van der Waals surface area contributed by atoms with Gasteiger partial charge in [0.25, 0.3) is 0 Å². The van der Waals surface area contributed by atoms with Crippen molar-refractivity contribution < 1.29 is 17.0 Å². The Balaban J connectivity index is 2.05. The topological polar surface area (TPSA) is 73.6 Å². The summed E-state index contributed by atoms with van der Waals surface area (Å²) >= 11 is 0. The van der Waals surface area contributed by atoms with Gasteiger partial charge < -0.3 is 8.60 Å². The SMILES string of the molecule is Cc1cc(C)c(S(=O)(=O)Oc2ccc3ccc(=O)oc3c2)c(C)c1. The van der Waals surface area contributed by atoms with Gasteiger partial charge in [-0.15, -0.1) is 0 Å². The summed E-state index contributed by atoms with van der Waals surface area (Å²) in [5.41, 5.74) is 2.00. The zero-order valence-corrected chi connectivity index (χ0v) is 14.3. The van der Waals surface area contributed by atoms with Crippen molar-refractivity contribution in [3.63, 3.8) is 0 Å². The van der Waals surface area contributed by atoms with Crippen molar-refractivity contribution in [2.45, 2.75) is 25.7 Å². The van der Waals surface area contributed by atoms with Gasteiger partial charge in [0.15, 0.2) is 0 Å². The molecular weight excluding hydrogens is 328 g/mol. The summed E-state index contributed by atoms with van der Waals surface area (Å²) in [7, 11) is -3.99. The Kier molecular flexibility index (Phi) is 3.93. The van der Waals surface area contributed by atoms with Crippen molar-refractivity contribution in [2.24, 2.45) is 0 Å². The second kappa shape index (κ2) is 5.79. The van der Waals surface area contributed by atoms with Crippen LogP contribution in [-0.4, -0.2) is 8.42 Å². The Bertz CT molecular complexity index is 1070. The minimum Gasteiger partial charge on any atom is -0.423 e. The molecule has 0 aliphatic carbocycles. The highest BCUT2D eigenvalue weighted by atomic mass is 32.2. The molecule has 0 amide bonds. The van der Waals surface area contributed by atoms with E-state index in [0.717, 1.165) is 5.56 Å². The van der Waals surface area contributed by atoms with Gasteiger partial charge in [-0.2, -0.15) is 8.42 Å². The van der Waals surface area contributed by atoms with Crippen LogP contribution in [0, 0.1) is 20.8 Å². The molecule has 3 rings (SSSR count). The third kappa shape index (κ3) is 3.05. The predicted molar refractivity (Wildman–Crippen MR) is 91.0 cm³/mol. The average Bonchev–Trinajstić information content (AvgIpc) is 2.44. The molecule has 0 saturated carbocycles. The summed E-state index contributed by atoms with van der Waals surface area (Å²) in [6, 6.07) is 11.1. The van der Waals surface area contributed by atoms with Crippen LogP contribution in [-0.2, 0) is 10.1 Å². The molecule has 0 spiro atoms. The number of aryl methyl sites for hydroxylation is 3. The van der Waals surface area contributed by atoms with E-state index in [4.69, 9.17) is 8.60 Å². The maximum Gasteiger partial charge on any atom is 0.339 e. The first-order valence-electron chi connectivity index (χ1n) is 7.32. The van der Waals surface area contributed by atoms with Crippen LogP contribution in [0.15, 0.2) is 56.6 Å². The highest BCUT2D eigenvalue weighted by molar-refractivity contribution is 7.87. The molecule has 0 aliphatic heterocycles. The molecule has 2 aromatic carbocycles. The first kappa shape index (κ1) is 16.3. The largest absolute Gasteiger partial charge is 0.423 e. The number of rotatable bonds is 3. The molecule has 0 saturated heterocycles. The van der Waals surface area contributed by atoms with Crippen molar-refractivity contribution in [3.05, 3.63) is 69.6 Å². The maximum atomic E-state index is 12.6. The summed E-state index contributed by atoms with van der Waals surface area (Å²) in [6.07, 6.45) is 0. The lowest BCUT2D eigenvalue weighted by Gasteiger charge is -2.13. The van der Waals surface area contributed by atoms with E-state index < -0.39 is 15.7 Å². The average molecular weight is 344 g/mol. The van der Waals surface area contributed by atoms with Crippen LogP contribution in [0.3, 0.4) is 0 Å². The van der Waals surface area contributed by atoms with Crippen LogP contribution in [0.4, 0.5) is 0 Å². The Hall–Kier alpha value is -2.60. The standard InChI is InChI=1S/C18H16O5S/c1-11-8-12(2)18(13(3)9-11)24(20,21)23-15-6-4-14-5-7-17(19)22-16(14)10-15/h4-10H,1-3H3. The fourth-order valence-electron chi connectivity index (χ4n) is 2.82. The molecule has 0 fully saturated rings. The molecular formula is C18H16O5S. The predicted octanol–water partition coefficient (Wildman–Crippen LogP) is 3.49. The minimum absolute atomic E-state index is 0.0937. The Labute approximate surface area is 139 Å². The molecule has 6 heteroatoms. The zero-order valence-electron chi connectivity index (χ0n) is 13.5. The van der Waals surface area contributed by atoms with E-state index in [1.165, 1.54) is 18.2 Å². The van der Waals surface area contributed by atoms with Crippen molar-refractivity contribution in [3.8, 4) is 5.75 Å². The summed E-state index contributed by atoms with van der Waals surface area (Å²) in [5.74, 6) is 0.0937. The molecule has 0 N–H and O–H groups in total. The van der Waals surface area contributed by atoms with Gasteiger partial charge in [0.2, 0.25) is 0 Å². The summed E-state index contributed by atoms with van der Waals surface area (Å²) in [5, 5.41) is 0.682. The van der Waals surface area contributed by atoms with Gasteiger partial charge in [0.1, 0.15) is 16.2 Å². The molecule has 0 atom stereocenters. The van der Waals surface area contributed by atoms with Gasteiger partial charge in [0, 0.05) is 17.5 Å². The lowest BCUT2D eigenvalue weighted by molar-refractivity contribution is 0.484. The van der Waals surface area contributed by atoms with Gasteiger partial charge in [-0.3, -0.25) is 0 Å². The lowest BCUT2D eigenvalue weighted by Crippen LogP contribution is -2.13. The molecule has 3 aromatic rings. The van der Waals surface area contributed by atoms with Gasteiger partial charge in [0.05, 0.1) is 0 Å². The Morgan fingerprint density at radius 2 is 1.54 bits per heavy atom. The second-order valence-electron chi connectivity index (χ2n) is 5.72. The Morgan fingerprint density at radius 1 is 0.917 bits per heavy atom. The van der Waals surface area contributed by atoms with Crippen LogP contribution in [0.5, 0.6) is 5.75 Å². The molecule has 0 aliphatic rings. The zero-order chi connectivity index (χ0) is 17.5. The Morgan fingerprint density at radius 3 is 2.21 bits per heavy atom. The van der Waals surface area contributed by atoms with E-state index in [0.29, 0.717) is 16.5 Å². The van der Waals surface area contributed by atoms with Gasteiger partial charge >= 0.3 is 15.7 Å². The first-order valence-corrected chi connectivity index (χ1v) is 8.73. The summed E-state index contributed by atoms with van der Waals surface area (Å²) < 4.78 is 35.6. The van der Waals surface area contributed by atoms with E-state index in [9.17, 15) is 13.2 Å². The molecule has 5 nitrogen and oxygen atoms in total. The van der Waals surface area contributed by atoms with Gasteiger partial charge in [-0.1, -0.05) is 17.7 Å². The van der Waals surface area contributed by atoms with E-state index in [1.807, 2.05) is 6.92 Å². The minimum atomic E-state index is -3.99. The monoisotopic (exact) mass is 344 g/mol. The highest BCUT2D eigenvalue weighted by Gasteiger charge is 2.22. The summed E-state index contributed by atoms with van der Waals surface area (Å²) in [4.78, 5) is 11.5. The first-order chi connectivity index (χ1) is 11.3. The van der Waals surface area contributed by atoms with Crippen molar-refractivity contribution in [1.82, 2.24) is 0 Å².